The van der Waals surface area contributed by atoms with Crippen LogP contribution in [0.15, 0.2) is 24.3 Å². The van der Waals surface area contributed by atoms with Gasteiger partial charge in [-0.15, -0.1) is 0 Å². The second-order valence-corrected chi connectivity index (χ2v) is 3.60. The molecule has 0 aliphatic rings. The molecule has 0 unspecified atom stereocenters. The Morgan fingerprint density at radius 2 is 2.19 bits per heavy atom. The van der Waals surface area contributed by atoms with Gasteiger partial charge in [-0.25, -0.2) is 0 Å². The summed E-state index contributed by atoms with van der Waals surface area (Å²) in [7, 11) is 0. The molecule has 2 N–H and O–H groups in total. The molecule has 0 saturated heterocycles. The topological polar surface area (TPSA) is 35.2 Å². The van der Waals surface area contributed by atoms with E-state index in [0.717, 1.165) is 24.2 Å². The van der Waals surface area contributed by atoms with Gasteiger partial charge in [-0.3, -0.25) is 0 Å². The Labute approximate surface area is 97.8 Å². The molecule has 0 bridgehead atoms. The Hall–Kier alpha value is -1.46. The fourth-order valence-electron chi connectivity index (χ4n) is 1.29. The first kappa shape index (κ1) is 12.6. The average molecular weight is 217 g/mol. The van der Waals surface area contributed by atoms with Gasteiger partial charge in [0.2, 0.25) is 0 Å². The number of nitrogens with two attached hydrogens (primary N) is 1. The lowest BCUT2D eigenvalue weighted by atomic mass is 10.2. The molecule has 16 heavy (non-hydrogen) atoms. The van der Waals surface area contributed by atoms with Gasteiger partial charge in [0.15, 0.2) is 0 Å². The van der Waals surface area contributed by atoms with Gasteiger partial charge in [0.1, 0.15) is 12.4 Å². The fourth-order valence-corrected chi connectivity index (χ4v) is 1.29. The number of benzene rings is 1. The molecule has 0 heterocycles. The van der Waals surface area contributed by atoms with Gasteiger partial charge in [0, 0.05) is 13.0 Å². The minimum absolute atomic E-state index is 0.456. The van der Waals surface area contributed by atoms with E-state index < -0.39 is 0 Å². The van der Waals surface area contributed by atoms with E-state index in [-0.39, 0.29) is 0 Å². The van der Waals surface area contributed by atoms with Crippen molar-refractivity contribution in [2.75, 3.05) is 6.61 Å². The summed E-state index contributed by atoms with van der Waals surface area (Å²) < 4.78 is 5.50. The molecule has 1 aromatic rings. The van der Waals surface area contributed by atoms with Crippen molar-refractivity contribution < 1.29 is 4.74 Å². The van der Waals surface area contributed by atoms with Crippen molar-refractivity contribution in [3.8, 4) is 17.6 Å². The van der Waals surface area contributed by atoms with E-state index in [1.54, 1.807) is 0 Å². The first-order chi connectivity index (χ1) is 7.86. The lowest BCUT2D eigenvalue weighted by Crippen LogP contribution is -1.98. The highest BCUT2D eigenvalue weighted by molar-refractivity contribution is 5.28. The first-order valence-corrected chi connectivity index (χ1v) is 5.74. The third-order valence-electron chi connectivity index (χ3n) is 2.23. The van der Waals surface area contributed by atoms with E-state index >= 15 is 0 Å². The molecule has 0 aliphatic heterocycles. The molecule has 86 valence electrons. The van der Waals surface area contributed by atoms with Crippen LogP contribution in [0.3, 0.4) is 0 Å². The van der Waals surface area contributed by atoms with Gasteiger partial charge in [0.25, 0.3) is 0 Å². The molecule has 0 spiro atoms. The van der Waals surface area contributed by atoms with Crippen LogP contribution in [0, 0.1) is 11.8 Å². The van der Waals surface area contributed by atoms with Crippen LogP contribution in [0.5, 0.6) is 5.75 Å². The van der Waals surface area contributed by atoms with Crippen molar-refractivity contribution >= 4 is 0 Å². The van der Waals surface area contributed by atoms with Crippen LogP contribution in [0.4, 0.5) is 0 Å². The normalized spacial score (nSPS) is 9.38. The second-order valence-electron chi connectivity index (χ2n) is 3.60. The van der Waals surface area contributed by atoms with Crippen LogP contribution in [0.1, 0.15) is 31.7 Å². The minimum atomic E-state index is 0.456. The summed E-state index contributed by atoms with van der Waals surface area (Å²) in [5, 5.41) is 0. The molecule has 2 heteroatoms. The third kappa shape index (κ3) is 4.86. The summed E-state index contributed by atoms with van der Waals surface area (Å²) in [5.74, 6) is 6.93. The fraction of sp³-hybridized carbons (Fsp3) is 0.429. The lowest BCUT2D eigenvalue weighted by Gasteiger charge is -2.03. The highest BCUT2D eigenvalue weighted by Crippen LogP contribution is 2.12. The number of rotatable bonds is 5. The van der Waals surface area contributed by atoms with E-state index in [9.17, 15) is 0 Å². The predicted octanol–water partition coefficient (Wildman–Crippen LogP) is 2.72. The predicted molar refractivity (Wildman–Crippen MR) is 67.1 cm³/mol. The van der Waals surface area contributed by atoms with Crippen molar-refractivity contribution in [2.24, 2.45) is 5.73 Å². The molecule has 0 saturated carbocycles. The van der Waals surface area contributed by atoms with Crippen LogP contribution in [0.25, 0.3) is 0 Å². The molecule has 1 aromatic carbocycles. The SMILES string of the molecule is CCCCC#CCOc1cccc(CN)c1. The first-order valence-electron chi connectivity index (χ1n) is 5.74. The molecule has 0 aromatic heterocycles. The summed E-state index contributed by atoms with van der Waals surface area (Å²) >= 11 is 0. The molecule has 0 fully saturated rings. The van der Waals surface area contributed by atoms with Gasteiger partial charge < -0.3 is 10.5 Å². The highest BCUT2D eigenvalue weighted by atomic mass is 16.5. The number of hydrogen-bond acceptors (Lipinski definition) is 2. The molecular weight excluding hydrogens is 198 g/mol. The van der Waals surface area contributed by atoms with Gasteiger partial charge in [0.05, 0.1) is 0 Å². The maximum absolute atomic E-state index is 5.54. The van der Waals surface area contributed by atoms with Crippen molar-refractivity contribution in [3.05, 3.63) is 29.8 Å². The van der Waals surface area contributed by atoms with Gasteiger partial charge >= 0.3 is 0 Å². The molecule has 1 rings (SSSR count). The van der Waals surface area contributed by atoms with E-state index in [2.05, 4.69) is 18.8 Å². The summed E-state index contributed by atoms with van der Waals surface area (Å²) in [6.07, 6.45) is 3.31. The average Bonchev–Trinajstić information content (AvgIpc) is 2.34. The largest absolute Gasteiger partial charge is 0.481 e. The zero-order valence-electron chi connectivity index (χ0n) is 9.83. The molecule has 0 amide bonds. The summed E-state index contributed by atoms with van der Waals surface area (Å²) in [6.45, 7) is 3.16. The summed E-state index contributed by atoms with van der Waals surface area (Å²) in [5.41, 5.74) is 6.62. The highest BCUT2D eigenvalue weighted by Gasteiger charge is 1.93. The summed E-state index contributed by atoms with van der Waals surface area (Å²) in [6, 6.07) is 7.81. The van der Waals surface area contributed by atoms with E-state index in [1.165, 1.54) is 6.42 Å². The third-order valence-corrected chi connectivity index (χ3v) is 2.23. The number of hydrogen-bond donors (Lipinski definition) is 1. The summed E-state index contributed by atoms with van der Waals surface area (Å²) in [4.78, 5) is 0. The van der Waals surface area contributed by atoms with E-state index in [4.69, 9.17) is 10.5 Å². The maximum Gasteiger partial charge on any atom is 0.149 e. The van der Waals surface area contributed by atoms with Crippen LogP contribution >= 0.6 is 0 Å². The van der Waals surface area contributed by atoms with Crippen molar-refractivity contribution in [3.63, 3.8) is 0 Å². The quantitative estimate of drug-likeness (QED) is 0.608. The lowest BCUT2D eigenvalue weighted by molar-refractivity contribution is 0.369. The van der Waals surface area contributed by atoms with E-state index in [1.807, 2.05) is 24.3 Å². The van der Waals surface area contributed by atoms with Crippen LogP contribution in [-0.4, -0.2) is 6.61 Å². The van der Waals surface area contributed by atoms with Crippen molar-refractivity contribution in [1.82, 2.24) is 0 Å². The monoisotopic (exact) mass is 217 g/mol. The van der Waals surface area contributed by atoms with Crippen LogP contribution in [0.2, 0.25) is 0 Å². The van der Waals surface area contributed by atoms with Gasteiger partial charge in [-0.2, -0.15) is 0 Å². The zero-order chi connectivity index (χ0) is 11.6. The van der Waals surface area contributed by atoms with E-state index in [0.29, 0.717) is 13.2 Å². The van der Waals surface area contributed by atoms with Crippen molar-refractivity contribution in [1.29, 1.82) is 0 Å². The second kappa shape index (κ2) is 7.78. The van der Waals surface area contributed by atoms with Crippen molar-refractivity contribution in [2.45, 2.75) is 32.7 Å². The number of unbranched alkanes of at least 4 members (excludes halogenated alkanes) is 2. The van der Waals surface area contributed by atoms with Crippen LogP contribution in [-0.2, 0) is 6.54 Å². The smallest absolute Gasteiger partial charge is 0.149 e. The standard InChI is InChI=1S/C14H19NO/c1-2-3-4-5-6-10-16-14-9-7-8-13(11-14)12-15/h7-9,11H,2-4,10,12,15H2,1H3. The molecular formula is C14H19NO. The number of ether oxygens (including phenoxy) is 1. The Bertz CT molecular complexity index is 362. The van der Waals surface area contributed by atoms with Crippen LogP contribution < -0.4 is 10.5 Å². The van der Waals surface area contributed by atoms with Gasteiger partial charge in [-0.05, 0) is 24.1 Å². The molecule has 0 aliphatic carbocycles. The Morgan fingerprint density at radius 3 is 2.94 bits per heavy atom. The zero-order valence-corrected chi connectivity index (χ0v) is 9.83. The van der Waals surface area contributed by atoms with Gasteiger partial charge in [-0.1, -0.05) is 37.3 Å². The maximum atomic E-state index is 5.54. The Kier molecular flexibility index (Phi) is 6.13. The molecule has 2 nitrogen and oxygen atoms in total. The Balaban J connectivity index is 2.32. The molecule has 0 radical (unpaired) electrons. The minimum Gasteiger partial charge on any atom is -0.481 e. The molecule has 0 atom stereocenters. The Morgan fingerprint density at radius 1 is 1.31 bits per heavy atom.